The third-order valence-corrected chi connectivity index (χ3v) is 2.60. The maximum Gasteiger partial charge on any atom is 0.153 e. The van der Waals surface area contributed by atoms with Gasteiger partial charge in [-0.05, 0) is 19.4 Å². The van der Waals surface area contributed by atoms with Gasteiger partial charge in [-0.25, -0.2) is 0 Å². The molecular formula is C9H19N3O2. The molecule has 1 heterocycles. The molecule has 1 fully saturated rings. The molecule has 1 atom stereocenters. The first-order valence-electron chi connectivity index (χ1n) is 4.97. The number of ether oxygens (including phenoxy) is 1. The van der Waals surface area contributed by atoms with E-state index in [-0.39, 0.29) is 5.84 Å². The molecule has 82 valence electrons. The highest BCUT2D eigenvalue weighted by atomic mass is 16.5. The molecule has 1 unspecified atom stereocenters. The number of rotatable bonds is 4. The molecular weight excluding hydrogens is 182 g/mol. The van der Waals surface area contributed by atoms with Gasteiger partial charge in [-0.1, -0.05) is 11.6 Å². The molecule has 0 saturated carbocycles. The molecule has 0 aromatic rings. The summed E-state index contributed by atoms with van der Waals surface area (Å²) in [7, 11) is 1.70. The molecule has 0 spiro atoms. The Bertz CT molecular complexity index is 194. The van der Waals surface area contributed by atoms with Crippen LogP contribution in [0.3, 0.4) is 0 Å². The second kappa shape index (κ2) is 5.82. The van der Waals surface area contributed by atoms with Crippen molar-refractivity contribution in [1.82, 2.24) is 4.90 Å². The Morgan fingerprint density at radius 1 is 1.64 bits per heavy atom. The zero-order chi connectivity index (χ0) is 10.4. The zero-order valence-electron chi connectivity index (χ0n) is 8.65. The summed E-state index contributed by atoms with van der Waals surface area (Å²) in [5.74, 6) is 0.271. The third-order valence-electron chi connectivity index (χ3n) is 2.60. The Hall–Kier alpha value is -0.810. The number of nitrogens with zero attached hydrogens (tertiary/aromatic N) is 2. The van der Waals surface area contributed by atoms with Crippen molar-refractivity contribution in [1.29, 1.82) is 0 Å². The molecule has 3 N–H and O–H groups in total. The molecule has 0 bridgehead atoms. The van der Waals surface area contributed by atoms with Crippen LogP contribution in [0.4, 0.5) is 0 Å². The molecule has 1 saturated heterocycles. The molecule has 1 rings (SSSR count). The number of amidine groups is 1. The Morgan fingerprint density at radius 3 is 3.07 bits per heavy atom. The number of methoxy groups -OCH3 is 1. The van der Waals surface area contributed by atoms with Crippen LogP contribution in [-0.2, 0) is 4.74 Å². The maximum absolute atomic E-state index is 8.49. The summed E-state index contributed by atoms with van der Waals surface area (Å²) < 4.78 is 5.14. The summed E-state index contributed by atoms with van der Waals surface area (Å²) in [6, 6.07) is 0.411. The molecule has 14 heavy (non-hydrogen) atoms. The van der Waals surface area contributed by atoms with Gasteiger partial charge in [-0.2, -0.15) is 0 Å². The lowest BCUT2D eigenvalue weighted by Gasteiger charge is -2.34. The molecule has 0 aromatic carbocycles. The lowest BCUT2D eigenvalue weighted by atomic mass is 10.0. The SMILES string of the molecule is COCC1CCCCN1CC(N)=NO. The first kappa shape index (κ1) is 11.3. The predicted octanol–water partition coefficient (Wildman–Crippen LogP) is 0.234. The van der Waals surface area contributed by atoms with Crippen molar-refractivity contribution in [2.75, 3.05) is 26.8 Å². The first-order valence-corrected chi connectivity index (χ1v) is 4.97. The third kappa shape index (κ3) is 3.16. The van der Waals surface area contributed by atoms with Crippen LogP contribution in [0, 0.1) is 0 Å². The Morgan fingerprint density at radius 2 is 2.43 bits per heavy atom. The predicted molar refractivity (Wildman–Crippen MR) is 54.5 cm³/mol. The lowest BCUT2D eigenvalue weighted by molar-refractivity contribution is 0.0749. The first-order chi connectivity index (χ1) is 6.77. The quantitative estimate of drug-likeness (QED) is 0.296. The van der Waals surface area contributed by atoms with Crippen LogP contribution >= 0.6 is 0 Å². The standard InChI is InChI=1S/C9H19N3O2/c1-14-7-8-4-2-3-5-12(8)6-9(10)11-13/h8,13H,2-7H2,1H3,(H2,10,11). The van der Waals surface area contributed by atoms with Crippen LogP contribution in [0.25, 0.3) is 0 Å². The molecule has 0 amide bonds. The second-order valence-electron chi connectivity index (χ2n) is 3.67. The van der Waals surface area contributed by atoms with Crippen molar-refractivity contribution < 1.29 is 9.94 Å². The summed E-state index contributed by atoms with van der Waals surface area (Å²) in [5.41, 5.74) is 5.48. The number of piperidine rings is 1. The number of oxime groups is 1. The topological polar surface area (TPSA) is 71.1 Å². The molecule has 1 aliphatic heterocycles. The normalized spacial score (nSPS) is 25.2. The Balaban J connectivity index is 2.45. The van der Waals surface area contributed by atoms with E-state index in [1.165, 1.54) is 12.8 Å². The lowest BCUT2D eigenvalue weighted by Crippen LogP contribution is -2.46. The Labute approximate surface area is 84.5 Å². The van der Waals surface area contributed by atoms with Crippen molar-refractivity contribution in [2.24, 2.45) is 10.9 Å². The maximum atomic E-state index is 8.49. The number of nitrogens with two attached hydrogens (primary N) is 1. The summed E-state index contributed by atoms with van der Waals surface area (Å²) in [6.45, 7) is 2.26. The number of hydrogen-bond acceptors (Lipinski definition) is 4. The van der Waals surface area contributed by atoms with E-state index in [0.29, 0.717) is 12.6 Å². The smallest absolute Gasteiger partial charge is 0.153 e. The van der Waals surface area contributed by atoms with E-state index in [1.807, 2.05) is 0 Å². The van der Waals surface area contributed by atoms with Gasteiger partial charge in [0.15, 0.2) is 5.84 Å². The van der Waals surface area contributed by atoms with Gasteiger partial charge >= 0.3 is 0 Å². The van der Waals surface area contributed by atoms with E-state index in [9.17, 15) is 0 Å². The average molecular weight is 201 g/mol. The van der Waals surface area contributed by atoms with Gasteiger partial charge in [0.1, 0.15) is 0 Å². The fourth-order valence-electron chi connectivity index (χ4n) is 1.89. The minimum Gasteiger partial charge on any atom is -0.409 e. The van der Waals surface area contributed by atoms with Crippen LogP contribution in [0.15, 0.2) is 5.16 Å². The van der Waals surface area contributed by atoms with Gasteiger partial charge in [-0.15, -0.1) is 0 Å². The molecule has 5 nitrogen and oxygen atoms in total. The van der Waals surface area contributed by atoms with Gasteiger partial charge in [0.05, 0.1) is 13.2 Å². The van der Waals surface area contributed by atoms with Crippen molar-refractivity contribution in [3.05, 3.63) is 0 Å². The molecule has 0 aromatic heterocycles. The van der Waals surface area contributed by atoms with Crippen LogP contribution in [0.5, 0.6) is 0 Å². The van der Waals surface area contributed by atoms with Crippen LogP contribution in [0.1, 0.15) is 19.3 Å². The largest absolute Gasteiger partial charge is 0.409 e. The van der Waals surface area contributed by atoms with Crippen LogP contribution in [-0.4, -0.2) is 48.8 Å². The fourth-order valence-corrected chi connectivity index (χ4v) is 1.89. The zero-order valence-corrected chi connectivity index (χ0v) is 8.65. The number of likely N-dealkylation sites (tertiary alicyclic amines) is 1. The summed E-state index contributed by atoms with van der Waals surface area (Å²) in [5, 5.41) is 11.5. The monoisotopic (exact) mass is 201 g/mol. The van der Waals surface area contributed by atoms with E-state index in [1.54, 1.807) is 7.11 Å². The van der Waals surface area contributed by atoms with Gasteiger partial charge in [-0.3, -0.25) is 4.90 Å². The summed E-state index contributed by atoms with van der Waals surface area (Å²) >= 11 is 0. The number of hydrogen-bond donors (Lipinski definition) is 2. The summed E-state index contributed by atoms with van der Waals surface area (Å²) in [4.78, 5) is 2.21. The van der Waals surface area contributed by atoms with Crippen molar-refractivity contribution in [2.45, 2.75) is 25.3 Å². The van der Waals surface area contributed by atoms with E-state index in [0.717, 1.165) is 19.6 Å². The van der Waals surface area contributed by atoms with Gasteiger partial charge < -0.3 is 15.7 Å². The highest BCUT2D eigenvalue weighted by Gasteiger charge is 2.22. The summed E-state index contributed by atoms with van der Waals surface area (Å²) in [6.07, 6.45) is 3.55. The second-order valence-corrected chi connectivity index (χ2v) is 3.67. The van der Waals surface area contributed by atoms with E-state index in [4.69, 9.17) is 15.7 Å². The minimum absolute atomic E-state index is 0.271. The van der Waals surface area contributed by atoms with Crippen LogP contribution < -0.4 is 5.73 Å². The minimum atomic E-state index is 0.271. The van der Waals surface area contributed by atoms with E-state index in [2.05, 4.69) is 10.1 Å². The van der Waals surface area contributed by atoms with E-state index < -0.39 is 0 Å². The van der Waals surface area contributed by atoms with Crippen molar-refractivity contribution in [3.8, 4) is 0 Å². The fraction of sp³-hybridized carbons (Fsp3) is 0.889. The average Bonchev–Trinajstić information content (AvgIpc) is 2.21. The Kier molecular flexibility index (Phi) is 4.69. The van der Waals surface area contributed by atoms with Crippen molar-refractivity contribution >= 4 is 5.84 Å². The van der Waals surface area contributed by atoms with Gasteiger partial charge in [0.2, 0.25) is 0 Å². The molecule has 5 heteroatoms. The molecule has 0 aliphatic carbocycles. The molecule has 1 aliphatic rings. The van der Waals surface area contributed by atoms with Gasteiger partial charge in [0.25, 0.3) is 0 Å². The van der Waals surface area contributed by atoms with Crippen LogP contribution in [0.2, 0.25) is 0 Å². The van der Waals surface area contributed by atoms with Gasteiger partial charge in [0, 0.05) is 13.2 Å². The highest BCUT2D eigenvalue weighted by molar-refractivity contribution is 5.81. The van der Waals surface area contributed by atoms with Crippen molar-refractivity contribution in [3.63, 3.8) is 0 Å². The molecule has 0 radical (unpaired) electrons. The van der Waals surface area contributed by atoms with E-state index >= 15 is 0 Å². The highest BCUT2D eigenvalue weighted by Crippen LogP contribution is 2.16.